The van der Waals surface area contributed by atoms with Gasteiger partial charge in [0.15, 0.2) is 0 Å². The van der Waals surface area contributed by atoms with E-state index >= 15 is 0 Å². The average molecular weight is 315 g/mol. The topological polar surface area (TPSA) is 67.6 Å². The molecule has 1 aliphatic rings. The number of hydrogen-bond donors (Lipinski definition) is 1. The molecular weight excluding hydrogens is 290 g/mol. The van der Waals surface area contributed by atoms with E-state index in [0.717, 1.165) is 36.2 Å². The second-order valence-electron chi connectivity index (χ2n) is 6.12. The molecular formula is C18H25N3O2. The van der Waals surface area contributed by atoms with E-state index < -0.39 is 0 Å². The lowest BCUT2D eigenvalue weighted by atomic mass is 10.1. The first-order chi connectivity index (χ1) is 11.1. The monoisotopic (exact) mass is 315 g/mol. The summed E-state index contributed by atoms with van der Waals surface area (Å²) in [4.78, 5) is 16.6. The molecule has 5 heteroatoms. The molecule has 2 rings (SSSR count). The highest BCUT2D eigenvalue weighted by atomic mass is 16.3. The van der Waals surface area contributed by atoms with Gasteiger partial charge in [-0.15, -0.1) is 0 Å². The SMILES string of the molecule is Cc1cccc(N(CCC#N)C(=O)CN2CCC[C@@H]2CO)c1C. The summed E-state index contributed by atoms with van der Waals surface area (Å²) in [5, 5.41) is 18.3. The number of aliphatic hydroxyl groups is 1. The van der Waals surface area contributed by atoms with E-state index in [-0.39, 0.29) is 18.6 Å². The fourth-order valence-corrected chi connectivity index (χ4v) is 3.14. The van der Waals surface area contributed by atoms with Crippen LogP contribution in [-0.2, 0) is 4.79 Å². The smallest absolute Gasteiger partial charge is 0.241 e. The molecule has 1 aromatic carbocycles. The summed E-state index contributed by atoms with van der Waals surface area (Å²) in [6.45, 7) is 5.66. The first-order valence-electron chi connectivity index (χ1n) is 8.17. The molecule has 0 radical (unpaired) electrons. The quantitative estimate of drug-likeness (QED) is 0.872. The lowest BCUT2D eigenvalue weighted by Gasteiger charge is -2.28. The zero-order valence-corrected chi connectivity index (χ0v) is 14.0. The highest BCUT2D eigenvalue weighted by molar-refractivity contribution is 5.95. The number of aryl methyl sites for hydroxylation is 1. The van der Waals surface area contributed by atoms with Crippen molar-refractivity contribution in [1.29, 1.82) is 5.26 Å². The summed E-state index contributed by atoms with van der Waals surface area (Å²) in [6.07, 6.45) is 2.26. The van der Waals surface area contributed by atoms with E-state index in [1.807, 2.05) is 36.9 Å². The predicted molar refractivity (Wildman–Crippen MR) is 90.2 cm³/mol. The predicted octanol–water partition coefficient (Wildman–Crippen LogP) is 2.01. The van der Waals surface area contributed by atoms with Crippen LogP contribution in [0.4, 0.5) is 5.69 Å². The van der Waals surface area contributed by atoms with Crippen molar-refractivity contribution in [2.24, 2.45) is 0 Å². The minimum Gasteiger partial charge on any atom is -0.395 e. The van der Waals surface area contributed by atoms with Crippen LogP contribution >= 0.6 is 0 Å². The molecule has 1 aromatic rings. The molecule has 1 saturated heterocycles. The van der Waals surface area contributed by atoms with Gasteiger partial charge in [0, 0.05) is 18.3 Å². The number of nitriles is 1. The molecule has 0 bridgehead atoms. The van der Waals surface area contributed by atoms with E-state index in [9.17, 15) is 9.90 Å². The van der Waals surface area contributed by atoms with E-state index in [1.54, 1.807) is 4.90 Å². The molecule has 1 N–H and O–H groups in total. The average Bonchev–Trinajstić information content (AvgIpc) is 2.98. The van der Waals surface area contributed by atoms with Gasteiger partial charge < -0.3 is 10.0 Å². The van der Waals surface area contributed by atoms with Gasteiger partial charge in [-0.1, -0.05) is 12.1 Å². The number of benzene rings is 1. The maximum Gasteiger partial charge on any atom is 0.241 e. The van der Waals surface area contributed by atoms with Gasteiger partial charge in [-0.25, -0.2) is 0 Å². The zero-order chi connectivity index (χ0) is 16.8. The van der Waals surface area contributed by atoms with Gasteiger partial charge in [-0.2, -0.15) is 5.26 Å². The summed E-state index contributed by atoms with van der Waals surface area (Å²) in [5.74, 6) is -0.00528. The lowest BCUT2D eigenvalue weighted by Crippen LogP contribution is -2.44. The zero-order valence-electron chi connectivity index (χ0n) is 14.0. The van der Waals surface area contributed by atoms with Crippen molar-refractivity contribution in [2.45, 2.75) is 39.2 Å². The van der Waals surface area contributed by atoms with Crippen LogP contribution in [0.25, 0.3) is 0 Å². The number of amides is 1. The van der Waals surface area contributed by atoms with Crippen LogP contribution in [0.2, 0.25) is 0 Å². The molecule has 0 spiro atoms. The summed E-state index contributed by atoms with van der Waals surface area (Å²) < 4.78 is 0. The molecule has 23 heavy (non-hydrogen) atoms. The third kappa shape index (κ3) is 4.10. The van der Waals surface area contributed by atoms with Gasteiger partial charge in [0.2, 0.25) is 5.91 Å². The van der Waals surface area contributed by atoms with E-state index in [4.69, 9.17) is 5.26 Å². The molecule has 1 atom stereocenters. The standard InChI is InChI=1S/C18H25N3O2/c1-14-6-3-8-17(15(14)2)21(11-5-9-19)18(23)12-20-10-4-7-16(20)13-22/h3,6,8,16,22H,4-5,7,10-13H2,1-2H3/t16-/m1/s1. The maximum atomic E-state index is 12.8. The summed E-state index contributed by atoms with van der Waals surface area (Å²) in [6, 6.07) is 8.10. The van der Waals surface area contributed by atoms with Gasteiger partial charge >= 0.3 is 0 Å². The van der Waals surface area contributed by atoms with Crippen LogP contribution in [0.3, 0.4) is 0 Å². The van der Waals surface area contributed by atoms with Crippen molar-refractivity contribution in [3.05, 3.63) is 29.3 Å². The van der Waals surface area contributed by atoms with Crippen LogP contribution in [0.15, 0.2) is 18.2 Å². The van der Waals surface area contributed by atoms with Crippen molar-refractivity contribution < 1.29 is 9.90 Å². The second-order valence-corrected chi connectivity index (χ2v) is 6.12. The van der Waals surface area contributed by atoms with Gasteiger partial charge in [0.05, 0.1) is 25.6 Å². The number of hydrogen-bond acceptors (Lipinski definition) is 4. The summed E-state index contributed by atoms with van der Waals surface area (Å²) in [5.41, 5.74) is 3.08. The molecule has 0 saturated carbocycles. The number of anilines is 1. The minimum atomic E-state index is -0.00528. The van der Waals surface area contributed by atoms with Crippen LogP contribution in [-0.4, -0.2) is 48.2 Å². The molecule has 5 nitrogen and oxygen atoms in total. The fourth-order valence-electron chi connectivity index (χ4n) is 3.14. The molecule has 1 aliphatic heterocycles. The Morgan fingerprint density at radius 1 is 1.48 bits per heavy atom. The first-order valence-corrected chi connectivity index (χ1v) is 8.17. The van der Waals surface area contributed by atoms with Gasteiger partial charge in [-0.05, 0) is 50.4 Å². The van der Waals surface area contributed by atoms with Crippen molar-refractivity contribution in [1.82, 2.24) is 4.90 Å². The number of aliphatic hydroxyl groups excluding tert-OH is 1. The van der Waals surface area contributed by atoms with Crippen LogP contribution < -0.4 is 4.90 Å². The maximum absolute atomic E-state index is 12.8. The van der Waals surface area contributed by atoms with Crippen LogP contribution in [0.5, 0.6) is 0 Å². The number of rotatable bonds is 6. The third-order valence-corrected chi connectivity index (χ3v) is 4.66. The van der Waals surface area contributed by atoms with E-state index in [0.29, 0.717) is 19.5 Å². The van der Waals surface area contributed by atoms with Crippen molar-refractivity contribution in [3.63, 3.8) is 0 Å². The molecule has 124 valence electrons. The van der Waals surface area contributed by atoms with Crippen LogP contribution in [0, 0.1) is 25.2 Å². The van der Waals surface area contributed by atoms with Crippen LogP contribution in [0.1, 0.15) is 30.4 Å². The molecule has 1 amide bonds. The van der Waals surface area contributed by atoms with Crippen molar-refractivity contribution >= 4 is 11.6 Å². The third-order valence-electron chi connectivity index (χ3n) is 4.66. The summed E-state index contributed by atoms with van der Waals surface area (Å²) >= 11 is 0. The highest BCUT2D eigenvalue weighted by Gasteiger charge is 2.28. The van der Waals surface area contributed by atoms with E-state index in [2.05, 4.69) is 6.07 Å². The van der Waals surface area contributed by atoms with Gasteiger partial charge in [-0.3, -0.25) is 9.69 Å². The Hall–Kier alpha value is -1.90. The number of nitrogens with zero attached hydrogens (tertiary/aromatic N) is 3. The minimum absolute atomic E-state index is 0.00528. The second kappa shape index (κ2) is 8.09. The fraction of sp³-hybridized carbons (Fsp3) is 0.556. The highest BCUT2D eigenvalue weighted by Crippen LogP contribution is 2.24. The number of likely N-dealkylation sites (tertiary alicyclic amines) is 1. The Kier molecular flexibility index (Phi) is 6.14. The van der Waals surface area contributed by atoms with E-state index in [1.165, 1.54) is 0 Å². The first kappa shape index (κ1) is 17.5. The Balaban J connectivity index is 2.19. The normalized spacial score (nSPS) is 17.9. The number of carbonyl (C=O) groups excluding carboxylic acids is 1. The van der Waals surface area contributed by atoms with Gasteiger partial charge in [0.1, 0.15) is 0 Å². The Morgan fingerprint density at radius 3 is 2.96 bits per heavy atom. The molecule has 0 unspecified atom stereocenters. The molecule has 0 aromatic heterocycles. The number of carbonyl (C=O) groups is 1. The van der Waals surface area contributed by atoms with Crippen molar-refractivity contribution in [3.8, 4) is 6.07 Å². The largest absolute Gasteiger partial charge is 0.395 e. The van der Waals surface area contributed by atoms with Crippen molar-refractivity contribution in [2.75, 3.05) is 31.1 Å². The lowest BCUT2D eigenvalue weighted by molar-refractivity contribution is -0.120. The Bertz CT molecular complexity index is 594. The molecule has 0 aliphatic carbocycles. The summed E-state index contributed by atoms with van der Waals surface area (Å²) in [7, 11) is 0. The Morgan fingerprint density at radius 2 is 2.26 bits per heavy atom. The van der Waals surface area contributed by atoms with Gasteiger partial charge in [0.25, 0.3) is 0 Å². The Labute approximate surface area is 138 Å². The molecule has 1 fully saturated rings. The molecule has 1 heterocycles.